The number of rotatable bonds is 9. The van der Waals surface area contributed by atoms with Crippen molar-refractivity contribution in [1.82, 2.24) is 15.6 Å². The predicted octanol–water partition coefficient (Wildman–Crippen LogP) is 4.05. The molecule has 182 valence electrons. The Bertz CT molecular complexity index is 1200. The number of carboxylic acid groups (broad SMARTS) is 1. The van der Waals surface area contributed by atoms with Crippen LogP contribution in [-0.2, 0) is 9.53 Å². The van der Waals surface area contributed by atoms with E-state index >= 15 is 0 Å². The monoisotopic (exact) mass is 478 g/mol. The lowest BCUT2D eigenvalue weighted by atomic mass is 9.82. The smallest absolute Gasteiger partial charge is 0.412 e. The van der Waals surface area contributed by atoms with E-state index in [4.69, 9.17) is 4.74 Å². The highest BCUT2D eigenvalue weighted by Gasteiger charge is 2.36. The highest BCUT2D eigenvalue weighted by Crippen LogP contribution is 2.44. The van der Waals surface area contributed by atoms with Gasteiger partial charge in [0, 0.05) is 12.5 Å². The minimum Gasteiger partial charge on any atom is -0.481 e. The molecule has 2 amide bonds. The van der Waals surface area contributed by atoms with Crippen molar-refractivity contribution in [1.29, 1.82) is 0 Å². The fourth-order valence-electron chi connectivity index (χ4n) is 4.36. The quantitative estimate of drug-likeness (QED) is 0.418. The normalized spacial score (nSPS) is 12.5. The maximum Gasteiger partial charge on any atom is 0.412 e. The van der Waals surface area contributed by atoms with Gasteiger partial charge in [0.25, 0.3) is 5.91 Å². The first-order chi connectivity index (χ1) is 16.9. The van der Waals surface area contributed by atoms with Gasteiger partial charge in [0.2, 0.25) is 11.5 Å². The molecule has 35 heavy (non-hydrogen) atoms. The number of hydrogen-bond donors (Lipinski definition) is 3. The topological polar surface area (TPSA) is 144 Å². The second-order valence-electron chi connectivity index (χ2n) is 8.39. The molecule has 1 heterocycles. The summed E-state index contributed by atoms with van der Waals surface area (Å²) in [7, 11) is 0. The molecule has 1 aromatic heterocycles. The minimum absolute atomic E-state index is 0.0841. The summed E-state index contributed by atoms with van der Waals surface area (Å²) in [5.74, 6) is -2.06. The summed E-state index contributed by atoms with van der Waals surface area (Å²) < 4.78 is 10.1. The summed E-state index contributed by atoms with van der Waals surface area (Å²) in [6.07, 6.45) is -0.152. The standard InChI is InChI=1S/C25H26N4O6/c1-3-25(4-2,23(31)32)14-26-22(30)20-21(29-35-28-20)27-24(33)34-13-19-17-11-7-5-9-15(17)16-10-6-8-12-18(16)19/h5-12,19H,3-4,13-14H2,1-2H3,(H,26,30)(H,31,32)(H,27,29,33). The van der Waals surface area contributed by atoms with E-state index in [-0.39, 0.29) is 30.6 Å². The number of nitrogens with one attached hydrogen (secondary N) is 2. The van der Waals surface area contributed by atoms with Crippen molar-refractivity contribution in [3.8, 4) is 11.1 Å². The van der Waals surface area contributed by atoms with Crippen molar-refractivity contribution in [2.45, 2.75) is 32.6 Å². The number of nitrogens with zero attached hydrogens (tertiary/aromatic N) is 2. The molecule has 0 spiro atoms. The third kappa shape index (κ3) is 4.59. The number of carbonyl (C=O) groups is 3. The Morgan fingerprint density at radius 2 is 1.60 bits per heavy atom. The molecule has 1 aliphatic rings. The molecule has 0 atom stereocenters. The second-order valence-corrected chi connectivity index (χ2v) is 8.39. The molecule has 1 aliphatic carbocycles. The number of ether oxygens (including phenoxy) is 1. The largest absolute Gasteiger partial charge is 0.481 e. The van der Waals surface area contributed by atoms with Gasteiger partial charge < -0.3 is 15.2 Å². The molecule has 0 saturated heterocycles. The maximum absolute atomic E-state index is 12.6. The molecule has 0 radical (unpaired) electrons. The van der Waals surface area contributed by atoms with Gasteiger partial charge in [0.1, 0.15) is 6.61 Å². The van der Waals surface area contributed by atoms with Gasteiger partial charge in [0.05, 0.1) is 5.41 Å². The van der Waals surface area contributed by atoms with E-state index in [1.807, 2.05) is 48.5 Å². The number of aliphatic carboxylic acids is 1. The lowest BCUT2D eigenvalue weighted by Gasteiger charge is -2.26. The Morgan fingerprint density at radius 1 is 1.00 bits per heavy atom. The molecule has 2 aromatic carbocycles. The summed E-state index contributed by atoms with van der Waals surface area (Å²) >= 11 is 0. The van der Waals surface area contributed by atoms with Crippen LogP contribution in [0.2, 0.25) is 0 Å². The third-order valence-corrected chi connectivity index (χ3v) is 6.66. The first-order valence-electron chi connectivity index (χ1n) is 11.4. The van der Waals surface area contributed by atoms with E-state index in [9.17, 15) is 19.5 Å². The van der Waals surface area contributed by atoms with Gasteiger partial charge in [-0.25, -0.2) is 9.42 Å². The average molecular weight is 479 g/mol. The SMILES string of the molecule is CCC(CC)(CNC(=O)c1nonc1NC(=O)OCC1c2ccccc2-c2ccccc21)C(=O)O. The van der Waals surface area contributed by atoms with Gasteiger partial charge in [-0.3, -0.25) is 14.9 Å². The third-order valence-electron chi connectivity index (χ3n) is 6.66. The number of benzene rings is 2. The molecule has 0 bridgehead atoms. The van der Waals surface area contributed by atoms with E-state index in [1.165, 1.54) is 0 Å². The van der Waals surface area contributed by atoms with Gasteiger partial charge >= 0.3 is 12.1 Å². The van der Waals surface area contributed by atoms with E-state index in [0.717, 1.165) is 22.3 Å². The average Bonchev–Trinajstić information content (AvgIpc) is 3.46. The number of anilines is 1. The van der Waals surface area contributed by atoms with Gasteiger partial charge in [-0.05, 0) is 45.4 Å². The van der Waals surface area contributed by atoms with Gasteiger partial charge in [-0.1, -0.05) is 62.4 Å². The van der Waals surface area contributed by atoms with Crippen molar-refractivity contribution >= 4 is 23.8 Å². The van der Waals surface area contributed by atoms with Crippen molar-refractivity contribution in [3.63, 3.8) is 0 Å². The van der Waals surface area contributed by atoms with Crippen molar-refractivity contribution in [3.05, 3.63) is 65.4 Å². The summed E-state index contributed by atoms with van der Waals surface area (Å²) in [6.45, 7) is 3.46. The molecule has 3 aromatic rings. The first kappa shape index (κ1) is 23.9. The second kappa shape index (κ2) is 9.96. The van der Waals surface area contributed by atoms with E-state index < -0.39 is 23.4 Å². The zero-order valence-corrected chi connectivity index (χ0v) is 19.4. The lowest BCUT2D eigenvalue weighted by molar-refractivity contribution is -0.149. The fraction of sp³-hybridized carbons (Fsp3) is 0.320. The Labute approximate surface area is 201 Å². The minimum atomic E-state index is -1.10. The summed E-state index contributed by atoms with van der Waals surface area (Å²) in [6, 6.07) is 15.9. The highest BCUT2D eigenvalue weighted by atomic mass is 16.6. The van der Waals surface area contributed by atoms with E-state index in [1.54, 1.807) is 13.8 Å². The Morgan fingerprint density at radius 3 is 2.17 bits per heavy atom. The van der Waals surface area contributed by atoms with Crippen LogP contribution in [0.15, 0.2) is 53.2 Å². The summed E-state index contributed by atoms with van der Waals surface area (Å²) in [5, 5.41) is 21.6. The Balaban J connectivity index is 1.40. The molecule has 0 fully saturated rings. The Kier molecular flexibility index (Phi) is 6.81. The lowest BCUT2D eigenvalue weighted by Crippen LogP contribution is -2.42. The molecule has 10 nitrogen and oxygen atoms in total. The van der Waals surface area contributed by atoms with Crippen LogP contribution >= 0.6 is 0 Å². The van der Waals surface area contributed by atoms with Gasteiger partial charge in [0.15, 0.2) is 0 Å². The van der Waals surface area contributed by atoms with Crippen LogP contribution < -0.4 is 10.6 Å². The van der Waals surface area contributed by atoms with E-state index in [2.05, 4.69) is 25.6 Å². The fourth-order valence-corrected chi connectivity index (χ4v) is 4.36. The number of aromatic nitrogens is 2. The number of hydrogen-bond acceptors (Lipinski definition) is 7. The van der Waals surface area contributed by atoms with Crippen LogP contribution in [-0.4, -0.2) is 46.5 Å². The molecular formula is C25H26N4O6. The number of carboxylic acids is 1. The van der Waals surface area contributed by atoms with E-state index in [0.29, 0.717) is 12.8 Å². The van der Waals surface area contributed by atoms with Crippen LogP contribution in [0.25, 0.3) is 11.1 Å². The maximum atomic E-state index is 12.6. The van der Waals surface area contributed by atoms with Crippen LogP contribution in [0, 0.1) is 5.41 Å². The molecule has 0 unspecified atom stereocenters. The Hall–Kier alpha value is -4.21. The number of carbonyl (C=O) groups excluding carboxylic acids is 2. The number of fused-ring (bicyclic) bond motifs is 3. The summed E-state index contributed by atoms with van der Waals surface area (Å²) in [4.78, 5) is 36.8. The van der Waals surface area contributed by atoms with Crippen molar-refractivity contribution in [2.24, 2.45) is 5.41 Å². The molecule has 10 heteroatoms. The van der Waals surface area contributed by atoms with Crippen LogP contribution in [0.1, 0.15) is 54.2 Å². The molecule has 0 saturated carbocycles. The van der Waals surface area contributed by atoms with Gasteiger partial charge in [-0.15, -0.1) is 0 Å². The highest BCUT2D eigenvalue weighted by molar-refractivity contribution is 5.99. The first-order valence-corrected chi connectivity index (χ1v) is 11.4. The van der Waals surface area contributed by atoms with Crippen molar-refractivity contribution in [2.75, 3.05) is 18.5 Å². The zero-order valence-electron chi connectivity index (χ0n) is 19.4. The molecular weight excluding hydrogens is 452 g/mol. The number of amides is 2. The van der Waals surface area contributed by atoms with Crippen LogP contribution in [0.4, 0.5) is 10.6 Å². The van der Waals surface area contributed by atoms with Crippen LogP contribution in [0.3, 0.4) is 0 Å². The molecule has 4 rings (SSSR count). The molecule has 0 aliphatic heterocycles. The molecule has 3 N–H and O–H groups in total. The predicted molar refractivity (Wildman–Crippen MR) is 126 cm³/mol. The van der Waals surface area contributed by atoms with Crippen molar-refractivity contribution < 1.29 is 28.9 Å². The van der Waals surface area contributed by atoms with Gasteiger partial charge in [-0.2, -0.15) is 0 Å². The zero-order chi connectivity index (χ0) is 25.0. The summed E-state index contributed by atoms with van der Waals surface area (Å²) in [5.41, 5.74) is 2.97. The van der Waals surface area contributed by atoms with Crippen LogP contribution in [0.5, 0.6) is 0 Å².